The number of hydrogen-bond donors (Lipinski definition) is 1. The number of hydrazine groups is 1. The van der Waals surface area contributed by atoms with Gasteiger partial charge in [0, 0.05) is 12.5 Å². The molecule has 18 heteroatoms. The third-order valence-corrected chi connectivity index (χ3v) is 7.60. The number of hydrogen-bond acceptors (Lipinski definition) is 10. The first-order valence-electron chi connectivity index (χ1n) is 13.2. The summed E-state index contributed by atoms with van der Waals surface area (Å²) < 4.78 is 78.6. The van der Waals surface area contributed by atoms with E-state index >= 15 is 0 Å². The van der Waals surface area contributed by atoms with Gasteiger partial charge in [-0.3, -0.25) is 9.63 Å². The van der Waals surface area contributed by atoms with E-state index in [9.17, 15) is 36.4 Å². The minimum Gasteiger partial charge on any atom is -0.569 e. The predicted octanol–water partition coefficient (Wildman–Crippen LogP) is 4.57. The Bertz CT molecular complexity index is 1640. The minimum absolute atomic E-state index is 0.122. The zero-order valence-electron chi connectivity index (χ0n) is 25.0. The number of methoxy groups -OCH3 is 1. The van der Waals surface area contributed by atoms with Crippen LogP contribution in [-0.2, 0) is 35.3 Å². The lowest BCUT2D eigenvalue weighted by Crippen LogP contribution is -2.51. The first-order chi connectivity index (χ1) is 20.9. The van der Waals surface area contributed by atoms with Gasteiger partial charge < -0.3 is 14.7 Å². The Kier molecular flexibility index (Phi) is 10.6. The van der Waals surface area contributed by atoms with Crippen LogP contribution in [0.25, 0.3) is 16.9 Å². The maximum absolute atomic E-state index is 13.5. The van der Waals surface area contributed by atoms with Gasteiger partial charge in [-0.2, -0.15) is 18.3 Å². The molecule has 0 aliphatic heterocycles. The fourth-order valence-electron chi connectivity index (χ4n) is 4.04. The molecule has 3 aromatic rings. The van der Waals surface area contributed by atoms with Crippen molar-refractivity contribution in [2.45, 2.75) is 51.1 Å². The van der Waals surface area contributed by atoms with E-state index in [0.29, 0.717) is 5.56 Å². The Labute approximate surface area is 256 Å². The largest absolute Gasteiger partial charge is 0.569 e. The summed E-state index contributed by atoms with van der Waals surface area (Å²) in [6.07, 6.45) is -7.15. The third kappa shape index (κ3) is 8.62. The van der Waals surface area contributed by atoms with Gasteiger partial charge in [-0.05, 0) is 43.2 Å². The number of amides is 1. The number of aryl methyl sites for hydroxylation is 1. The minimum atomic E-state index is -4.73. The molecule has 0 aliphatic carbocycles. The van der Waals surface area contributed by atoms with Crippen LogP contribution in [0.3, 0.4) is 0 Å². The molecule has 2 atom stereocenters. The average molecular weight is 657 g/mol. The summed E-state index contributed by atoms with van der Waals surface area (Å²) in [6.45, 7) is 6.16. The molecular formula is C27H31F3N6O8S. The van der Waals surface area contributed by atoms with Crippen LogP contribution in [0.15, 0.2) is 64.8 Å². The van der Waals surface area contributed by atoms with Crippen LogP contribution in [-0.4, -0.2) is 66.7 Å². The highest BCUT2D eigenvalue weighted by Crippen LogP contribution is 2.33. The van der Waals surface area contributed by atoms with E-state index in [-0.39, 0.29) is 21.2 Å². The van der Waals surface area contributed by atoms with Gasteiger partial charge in [0.25, 0.3) is 22.2 Å². The SMILES string of the molecule is COC(=O)OC(C)O/N=[N+](\[O-])N(C)[C@H](C(=O)NS(=O)(=O)c1ccc(-n2nc(C(F)(F)F)cc2-c2ccc(C)cc2)cc1)C(C)C. The highest BCUT2D eigenvalue weighted by Gasteiger charge is 2.36. The number of aromatic nitrogens is 2. The number of ether oxygens (including phenoxy) is 2. The predicted molar refractivity (Wildman–Crippen MR) is 151 cm³/mol. The molecule has 3 rings (SSSR count). The van der Waals surface area contributed by atoms with Crippen molar-refractivity contribution in [2.24, 2.45) is 11.2 Å². The molecule has 244 valence electrons. The molecule has 1 N–H and O–H groups in total. The van der Waals surface area contributed by atoms with E-state index in [1.54, 1.807) is 38.1 Å². The fourth-order valence-corrected chi connectivity index (χ4v) is 5.04. The lowest BCUT2D eigenvalue weighted by Gasteiger charge is -2.26. The second kappa shape index (κ2) is 13.8. The summed E-state index contributed by atoms with van der Waals surface area (Å²) in [5, 5.41) is 20.1. The van der Waals surface area contributed by atoms with Gasteiger partial charge in [-0.25, -0.2) is 22.6 Å². The van der Waals surface area contributed by atoms with Crippen LogP contribution in [0.4, 0.5) is 18.0 Å². The highest BCUT2D eigenvalue weighted by molar-refractivity contribution is 7.90. The normalized spacial score (nSPS) is 13.6. The smallest absolute Gasteiger partial charge is 0.511 e. The van der Waals surface area contributed by atoms with Crippen molar-refractivity contribution in [1.82, 2.24) is 19.5 Å². The molecule has 0 fully saturated rings. The number of benzene rings is 2. The van der Waals surface area contributed by atoms with Crippen molar-refractivity contribution < 1.29 is 50.5 Å². The monoisotopic (exact) mass is 656 g/mol. The number of alkyl halides is 3. The summed E-state index contributed by atoms with van der Waals surface area (Å²) in [5.41, 5.74) is 0.457. The third-order valence-electron chi connectivity index (χ3n) is 6.24. The summed E-state index contributed by atoms with van der Waals surface area (Å²) in [7, 11) is -2.30. The van der Waals surface area contributed by atoms with Crippen molar-refractivity contribution in [3.05, 3.63) is 71.1 Å². The van der Waals surface area contributed by atoms with Crippen LogP contribution >= 0.6 is 0 Å². The van der Waals surface area contributed by atoms with Gasteiger partial charge >= 0.3 is 12.3 Å². The first-order valence-corrected chi connectivity index (χ1v) is 14.7. The van der Waals surface area contributed by atoms with Gasteiger partial charge in [-0.1, -0.05) is 43.7 Å². The van der Waals surface area contributed by atoms with Gasteiger partial charge in [-0.15, -0.1) is 5.01 Å². The van der Waals surface area contributed by atoms with Crippen molar-refractivity contribution in [2.75, 3.05) is 14.2 Å². The first kappa shape index (κ1) is 34.6. The van der Waals surface area contributed by atoms with E-state index in [2.05, 4.69) is 19.8 Å². The van der Waals surface area contributed by atoms with Crippen LogP contribution in [0.5, 0.6) is 0 Å². The van der Waals surface area contributed by atoms with Gasteiger partial charge in [0.05, 0.1) is 35.4 Å². The molecule has 2 aromatic carbocycles. The molecule has 14 nitrogen and oxygen atoms in total. The maximum atomic E-state index is 13.5. The highest BCUT2D eigenvalue weighted by atomic mass is 32.2. The fraction of sp³-hybridized carbons (Fsp3) is 0.370. The molecule has 0 radical (unpaired) electrons. The standard InChI is InChI=1S/C27H31F3N6O8S/c1-16(2)24(34(5)36(39)33-44-18(4)43-26(38)42-6)25(37)32-45(40,41)21-13-11-20(12-14-21)35-22(15-23(31-35)27(28,29)30)19-9-7-17(3)8-10-19/h7-16,18,24H,1-6H3,(H,32,37)/b36-33-/t18?,24-/m0/s1. The lowest BCUT2D eigenvalue weighted by atomic mass is 10.0. The Morgan fingerprint density at radius 3 is 2.22 bits per heavy atom. The van der Waals surface area contributed by atoms with E-state index in [0.717, 1.165) is 47.6 Å². The van der Waals surface area contributed by atoms with Crippen LogP contribution in [0.2, 0.25) is 0 Å². The van der Waals surface area contributed by atoms with E-state index < -0.39 is 52.2 Å². The average Bonchev–Trinajstić information content (AvgIpc) is 3.42. The topological polar surface area (TPSA) is 167 Å². The van der Waals surface area contributed by atoms with Crippen molar-refractivity contribution in [3.8, 4) is 16.9 Å². The molecule has 0 bridgehead atoms. The molecule has 1 amide bonds. The molecule has 0 saturated heterocycles. The molecule has 1 heterocycles. The van der Waals surface area contributed by atoms with Crippen molar-refractivity contribution >= 4 is 22.1 Å². The van der Waals surface area contributed by atoms with Gasteiger partial charge in [0.1, 0.15) is 0 Å². The van der Waals surface area contributed by atoms with E-state index in [1.807, 2.05) is 11.6 Å². The Balaban J connectivity index is 1.84. The number of rotatable bonds is 11. The Morgan fingerprint density at radius 2 is 1.69 bits per heavy atom. The van der Waals surface area contributed by atoms with Crippen molar-refractivity contribution in [3.63, 3.8) is 0 Å². The number of nitrogens with zero attached hydrogens (tertiary/aromatic N) is 5. The molecule has 45 heavy (non-hydrogen) atoms. The number of carbonyl (C=O) groups is 2. The lowest BCUT2D eigenvalue weighted by molar-refractivity contribution is -0.713. The Morgan fingerprint density at radius 1 is 1.09 bits per heavy atom. The van der Waals surface area contributed by atoms with Crippen LogP contribution < -0.4 is 4.72 Å². The summed E-state index contributed by atoms with van der Waals surface area (Å²) >= 11 is 0. The number of halogens is 3. The number of likely N-dealkylation sites (N-methyl/N-ethyl adjacent to an activating group) is 1. The van der Waals surface area contributed by atoms with E-state index in [4.69, 9.17) is 4.84 Å². The van der Waals surface area contributed by atoms with E-state index in [1.165, 1.54) is 19.1 Å². The quantitative estimate of drug-likeness (QED) is 0.102. The van der Waals surface area contributed by atoms with Crippen molar-refractivity contribution in [1.29, 1.82) is 0 Å². The number of sulfonamides is 1. The number of nitrogens with one attached hydrogen (secondary N) is 1. The summed E-state index contributed by atoms with van der Waals surface area (Å²) in [5.74, 6) is -1.71. The number of carbonyl (C=O) groups excluding carboxylic acids is 2. The molecule has 1 unspecified atom stereocenters. The van der Waals surface area contributed by atoms with Gasteiger partial charge in [0.15, 0.2) is 11.7 Å². The molecular weight excluding hydrogens is 625 g/mol. The zero-order valence-corrected chi connectivity index (χ0v) is 25.8. The molecule has 0 spiro atoms. The summed E-state index contributed by atoms with van der Waals surface area (Å²) in [4.78, 5) is 28.4. The maximum Gasteiger partial charge on any atom is 0.511 e. The van der Waals surface area contributed by atoms with Gasteiger partial charge in [0.2, 0.25) is 5.28 Å². The van der Waals surface area contributed by atoms with Crippen LogP contribution in [0, 0.1) is 18.0 Å². The zero-order chi connectivity index (χ0) is 33.7. The molecule has 0 saturated carbocycles. The second-order valence-corrected chi connectivity index (χ2v) is 11.7. The molecule has 1 aromatic heterocycles. The Hall–Kier alpha value is -4.87. The van der Waals surface area contributed by atoms with Crippen LogP contribution in [0.1, 0.15) is 32.0 Å². The second-order valence-electron chi connectivity index (χ2n) is 10.00. The summed E-state index contributed by atoms with van der Waals surface area (Å²) in [6, 6.07) is 10.9. The molecule has 0 aliphatic rings.